The first-order valence-electron chi connectivity index (χ1n) is 6.13. The highest BCUT2D eigenvalue weighted by atomic mass is 79.9. The summed E-state index contributed by atoms with van der Waals surface area (Å²) < 4.78 is 0.997. The molecule has 3 rings (SSSR count). The number of benzene rings is 1. The van der Waals surface area contributed by atoms with Crippen molar-refractivity contribution < 1.29 is 4.79 Å². The van der Waals surface area contributed by atoms with Crippen LogP contribution >= 0.6 is 27.3 Å². The Morgan fingerprint density at radius 3 is 2.90 bits per heavy atom. The van der Waals surface area contributed by atoms with E-state index in [1.54, 1.807) is 12.3 Å². The molecule has 5 nitrogen and oxygen atoms in total. The first kappa shape index (κ1) is 14.0. The molecule has 0 spiro atoms. The van der Waals surface area contributed by atoms with E-state index in [-0.39, 0.29) is 5.91 Å². The molecule has 0 saturated heterocycles. The molecule has 0 aliphatic rings. The zero-order valence-corrected chi connectivity index (χ0v) is 13.5. The summed E-state index contributed by atoms with van der Waals surface area (Å²) in [6, 6.07) is 7.38. The van der Waals surface area contributed by atoms with Crippen LogP contribution in [0.4, 0.5) is 11.4 Å². The molecule has 0 aliphatic heterocycles. The Morgan fingerprint density at radius 2 is 2.19 bits per heavy atom. The maximum absolute atomic E-state index is 12.4. The van der Waals surface area contributed by atoms with Crippen LogP contribution in [0.15, 0.2) is 34.9 Å². The second kappa shape index (κ2) is 5.42. The van der Waals surface area contributed by atoms with Crippen molar-refractivity contribution in [1.29, 1.82) is 0 Å². The number of nitrogen functional groups attached to an aromatic ring is 1. The highest BCUT2D eigenvalue weighted by molar-refractivity contribution is 9.10. The Hall–Kier alpha value is -1.99. The average Bonchev–Trinajstić information content (AvgIpc) is 2.81. The van der Waals surface area contributed by atoms with Gasteiger partial charge < -0.3 is 11.1 Å². The molecule has 2 aromatic heterocycles. The number of aromatic nitrogens is 2. The Bertz CT molecular complexity index is 846. The van der Waals surface area contributed by atoms with Gasteiger partial charge in [0.2, 0.25) is 0 Å². The van der Waals surface area contributed by atoms with E-state index in [0.717, 1.165) is 21.1 Å². The molecule has 0 aliphatic carbocycles. The van der Waals surface area contributed by atoms with E-state index in [9.17, 15) is 4.79 Å². The van der Waals surface area contributed by atoms with Gasteiger partial charge in [0.25, 0.3) is 5.91 Å². The molecule has 0 atom stereocenters. The third-order valence-electron chi connectivity index (χ3n) is 3.04. The summed E-state index contributed by atoms with van der Waals surface area (Å²) in [7, 11) is 0. The minimum atomic E-state index is -0.239. The standard InChI is InChI=1S/C14H11BrN4OS/c1-7-6-8(2-3-10(7)15)18-13(20)12-11(16)9-4-5-17-19-14(9)21-12/h2-6H,16H2,1H3,(H,18,20). The average molecular weight is 363 g/mol. The summed E-state index contributed by atoms with van der Waals surface area (Å²) in [5.74, 6) is -0.239. The number of rotatable bonds is 2. The van der Waals surface area contributed by atoms with E-state index in [1.165, 1.54) is 11.3 Å². The summed E-state index contributed by atoms with van der Waals surface area (Å²) in [4.78, 5) is 13.5. The summed E-state index contributed by atoms with van der Waals surface area (Å²) in [6.45, 7) is 1.96. The van der Waals surface area contributed by atoms with Crippen molar-refractivity contribution in [1.82, 2.24) is 10.2 Å². The van der Waals surface area contributed by atoms with Crippen LogP contribution in [0.1, 0.15) is 15.2 Å². The molecule has 0 saturated carbocycles. The van der Waals surface area contributed by atoms with Gasteiger partial charge in [-0.25, -0.2) is 0 Å². The number of aryl methyl sites for hydroxylation is 1. The van der Waals surface area contributed by atoms with Gasteiger partial charge in [-0.2, -0.15) is 5.10 Å². The lowest BCUT2D eigenvalue weighted by Gasteiger charge is -2.06. The molecule has 0 radical (unpaired) electrons. The topological polar surface area (TPSA) is 80.9 Å². The van der Waals surface area contributed by atoms with Gasteiger partial charge in [-0.05, 0) is 36.8 Å². The molecule has 3 aromatic rings. The minimum absolute atomic E-state index is 0.239. The number of carbonyl (C=O) groups is 1. The molecule has 0 bridgehead atoms. The van der Waals surface area contributed by atoms with Gasteiger partial charge in [0.05, 0.1) is 11.9 Å². The number of nitrogens with one attached hydrogen (secondary N) is 1. The molecule has 1 amide bonds. The van der Waals surface area contributed by atoms with Gasteiger partial charge in [0.15, 0.2) is 0 Å². The summed E-state index contributed by atoms with van der Waals surface area (Å²) in [6.07, 6.45) is 1.56. The zero-order valence-electron chi connectivity index (χ0n) is 11.1. The lowest BCUT2D eigenvalue weighted by Crippen LogP contribution is -2.12. The highest BCUT2D eigenvalue weighted by Crippen LogP contribution is 2.32. The number of nitrogens with zero attached hydrogens (tertiary/aromatic N) is 2. The van der Waals surface area contributed by atoms with Crippen molar-refractivity contribution in [2.24, 2.45) is 0 Å². The highest BCUT2D eigenvalue weighted by Gasteiger charge is 2.17. The predicted molar refractivity (Wildman–Crippen MR) is 88.7 cm³/mol. The maximum Gasteiger partial charge on any atom is 0.267 e. The van der Waals surface area contributed by atoms with E-state index >= 15 is 0 Å². The van der Waals surface area contributed by atoms with Crippen LogP contribution in [-0.2, 0) is 0 Å². The van der Waals surface area contributed by atoms with Gasteiger partial charge in [0.1, 0.15) is 9.71 Å². The number of carbonyl (C=O) groups excluding carboxylic acids is 1. The smallest absolute Gasteiger partial charge is 0.267 e. The van der Waals surface area contributed by atoms with Gasteiger partial charge >= 0.3 is 0 Å². The molecular formula is C14H11BrN4OS. The normalized spacial score (nSPS) is 10.8. The first-order chi connectivity index (χ1) is 10.1. The summed E-state index contributed by atoms with van der Waals surface area (Å²) in [5.41, 5.74) is 8.23. The molecule has 2 heterocycles. The molecule has 3 N–H and O–H groups in total. The van der Waals surface area contributed by atoms with Crippen LogP contribution < -0.4 is 11.1 Å². The number of hydrogen-bond donors (Lipinski definition) is 2. The fraction of sp³-hybridized carbons (Fsp3) is 0.0714. The van der Waals surface area contributed by atoms with Crippen molar-refractivity contribution in [2.45, 2.75) is 6.92 Å². The van der Waals surface area contributed by atoms with Crippen molar-refractivity contribution in [3.05, 3.63) is 45.4 Å². The summed E-state index contributed by atoms with van der Waals surface area (Å²) in [5, 5.41) is 11.4. The molecule has 1 aromatic carbocycles. The van der Waals surface area contributed by atoms with Crippen LogP contribution in [-0.4, -0.2) is 16.1 Å². The summed E-state index contributed by atoms with van der Waals surface area (Å²) >= 11 is 4.67. The molecular weight excluding hydrogens is 352 g/mol. The SMILES string of the molecule is Cc1cc(NC(=O)c2sc3nnccc3c2N)ccc1Br. The van der Waals surface area contributed by atoms with Gasteiger partial charge in [-0.1, -0.05) is 15.9 Å². The van der Waals surface area contributed by atoms with Gasteiger partial charge in [-0.3, -0.25) is 4.79 Å². The van der Waals surface area contributed by atoms with Crippen molar-refractivity contribution in [3.8, 4) is 0 Å². The monoisotopic (exact) mass is 362 g/mol. The quantitative estimate of drug-likeness (QED) is 0.729. The third kappa shape index (κ3) is 2.62. The number of nitrogens with two attached hydrogens (primary N) is 1. The van der Waals surface area contributed by atoms with Crippen molar-refractivity contribution >= 4 is 54.8 Å². The largest absolute Gasteiger partial charge is 0.397 e. The molecule has 0 unspecified atom stereocenters. The van der Waals surface area contributed by atoms with E-state index < -0.39 is 0 Å². The fourth-order valence-corrected chi connectivity index (χ4v) is 3.13. The predicted octanol–water partition coefficient (Wildman–Crippen LogP) is 3.60. The van der Waals surface area contributed by atoms with Crippen molar-refractivity contribution in [2.75, 3.05) is 11.1 Å². The number of hydrogen-bond acceptors (Lipinski definition) is 5. The van der Waals surface area contributed by atoms with Crippen LogP contribution in [0, 0.1) is 6.92 Å². The Balaban J connectivity index is 1.93. The van der Waals surface area contributed by atoms with E-state index in [0.29, 0.717) is 15.4 Å². The van der Waals surface area contributed by atoms with E-state index in [1.807, 2.05) is 25.1 Å². The number of amides is 1. The minimum Gasteiger partial charge on any atom is -0.397 e. The second-order valence-electron chi connectivity index (χ2n) is 4.51. The van der Waals surface area contributed by atoms with Crippen LogP contribution in [0.3, 0.4) is 0 Å². The molecule has 21 heavy (non-hydrogen) atoms. The lowest BCUT2D eigenvalue weighted by atomic mass is 10.2. The molecule has 106 valence electrons. The van der Waals surface area contributed by atoms with Crippen molar-refractivity contribution in [3.63, 3.8) is 0 Å². The number of thiophene rings is 1. The van der Waals surface area contributed by atoms with E-state index in [4.69, 9.17) is 5.73 Å². The number of halogens is 1. The zero-order chi connectivity index (χ0) is 15.0. The first-order valence-corrected chi connectivity index (χ1v) is 7.74. The number of fused-ring (bicyclic) bond motifs is 1. The van der Waals surface area contributed by atoms with Crippen LogP contribution in [0.5, 0.6) is 0 Å². The second-order valence-corrected chi connectivity index (χ2v) is 6.37. The third-order valence-corrected chi connectivity index (χ3v) is 5.04. The molecule has 0 fully saturated rings. The van der Waals surface area contributed by atoms with Gasteiger partial charge in [0, 0.05) is 15.5 Å². The number of anilines is 2. The fourth-order valence-electron chi connectivity index (χ4n) is 1.95. The van der Waals surface area contributed by atoms with E-state index in [2.05, 4.69) is 31.4 Å². The van der Waals surface area contributed by atoms with Crippen LogP contribution in [0.25, 0.3) is 10.2 Å². The Kier molecular flexibility index (Phi) is 3.60. The maximum atomic E-state index is 12.4. The molecule has 7 heteroatoms. The Labute approximate surface area is 133 Å². The Morgan fingerprint density at radius 1 is 1.38 bits per heavy atom. The lowest BCUT2D eigenvalue weighted by molar-refractivity contribution is 0.103. The van der Waals surface area contributed by atoms with Gasteiger partial charge in [-0.15, -0.1) is 16.4 Å². The van der Waals surface area contributed by atoms with Crippen LogP contribution in [0.2, 0.25) is 0 Å².